The minimum atomic E-state index is 0.307. The Morgan fingerprint density at radius 2 is 2.17 bits per heavy atom. The van der Waals surface area contributed by atoms with Crippen molar-refractivity contribution in [3.8, 4) is 0 Å². The third-order valence-corrected chi connectivity index (χ3v) is 4.62. The predicted molar refractivity (Wildman–Crippen MR) is 74.5 cm³/mol. The fourth-order valence-electron chi connectivity index (χ4n) is 2.62. The van der Waals surface area contributed by atoms with Crippen LogP contribution >= 0.6 is 11.3 Å². The fourth-order valence-corrected chi connectivity index (χ4v) is 3.51. The van der Waals surface area contributed by atoms with Crippen molar-refractivity contribution in [1.29, 1.82) is 0 Å². The van der Waals surface area contributed by atoms with Crippen LogP contribution in [0.3, 0.4) is 0 Å². The van der Waals surface area contributed by atoms with Gasteiger partial charge in [-0.1, -0.05) is 0 Å². The topological polar surface area (TPSA) is 42.1 Å². The fraction of sp³-hybridized carbons (Fsp3) is 0.357. The monoisotopic (exact) mass is 259 g/mol. The van der Waals surface area contributed by atoms with Crippen LogP contribution in [0.5, 0.6) is 0 Å². The maximum absolute atomic E-state index is 5.97. The molecule has 0 aliphatic carbocycles. The molecule has 18 heavy (non-hydrogen) atoms. The van der Waals surface area contributed by atoms with E-state index in [9.17, 15) is 0 Å². The van der Waals surface area contributed by atoms with Gasteiger partial charge in [0.25, 0.3) is 0 Å². The number of hydrogen-bond acceptors (Lipinski definition) is 4. The molecule has 0 amide bonds. The van der Waals surface area contributed by atoms with Crippen molar-refractivity contribution in [2.75, 3.05) is 13.1 Å². The smallest absolute Gasteiger partial charge is 0.0475 e. The van der Waals surface area contributed by atoms with Crippen LogP contribution in [0, 0.1) is 0 Å². The maximum atomic E-state index is 5.97. The molecule has 0 bridgehead atoms. The number of thiophene rings is 1. The van der Waals surface area contributed by atoms with Gasteiger partial charge in [-0.05, 0) is 41.1 Å². The molecule has 2 aromatic heterocycles. The van der Waals surface area contributed by atoms with E-state index in [0.29, 0.717) is 12.6 Å². The van der Waals surface area contributed by atoms with Crippen molar-refractivity contribution in [2.24, 2.45) is 5.73 Å². The van der Waals surface area contributed by atoms with Crippen LogP contribution in [-0.4, -0.2) is 23.0 Å². The number of fused-ring (bicyclic) bond motifs is 1. The first kappa shape index (κ1) is 11.8. The summed E-state index contributed by atoms with van der Waals surface area (Å²) < 4.78 is 0. The summed E-state index contributed by atoms with van der Waals surface area (Å²) in [6.45, 7) is 2.77. The van der Waals surface area contributed by atoms with Crippen molar-refractivity contribution in [3.63, 3.8) is 0 Å². The van der Waals surface area contributed by atoms with E-state index < -0.39 is 0 Å². The predicted octanol–water partition coefficient (Wildman–Crippen LogP) is 2.20. The van der Waals surface area contributed by atoms with Crippen LogP contribution in [0.15, 0.2) is 36.0 Å². The van der Waals surface area contributed by atoms with Gasteiger partial charge in [-0.2, -0.15) is 0 Å². The van der Waals surface area contributed by atoms with Gasteiger partial charge in [0.2, 0.25) is 0 Å². The Hall–Kier alpha value is -1.23. The summed E-state index contributed by atoms with van der Waals surface area (Å²) in [6, 6.07) is 6.69. The molecule has 0 saturated heterocycles. The number of hydrogen-bond donors (Lipinski definition) is 1. The molecule has 1 aliphatic rings. The van der Waals surface area contributed by atoms with E-state index in [1.54, 1.807) is 0 Å². The Labute approximate surface area is 111 Å². The number of aromatic nitrogens is 1. The summed E-state index contributed by atoms with van der Waals surface area (Å²) in [5, 5.41) is 2.19. The van der Waals surface area contributed by atoms with Crippen molar-refractivity contribution in [3.05, 3.63) is 52.0 Å². The van der Waals surface area contributed by atoms with Crippen molar-refractivity contribution >= 4 is 11.3 Å². The van der Waals surface area contributed by atoms with Crippen LogP contribution in [0.1, 0.15) is 22.0 Å². The molecule has 0 radical (unpaired) electrons. The van der Waals surface area contributed by atoms with Gasteiger partial charge in [-0.15, -0.1) is 11.3 Å². The van der Waals surface area contributed by atoms with E-state index in [2.05, 4.69) is 33.5 Å². The Morgan fingerprint density at radius 1 is 1.33 bits per heavy atom. The largest absolute Gasteiger partial charge is 0.329 e. The Kier molecular flexibility index (Phi) is 3.41. The summed E-state index contributed by atoms with van der Waals surface area (Å²) in [4.78, 5) is 8.09. The molecule has 0 aromatic carbocycles. The second kappa shape index (κ2) is 5.18. The summed E-state index contributed by atoms with van der Waals surface area (Å²) in [5.41, 5.74) is 8.71. The van der Waals surface area contributed by atoms with Gasteiger partial charge in [0.05, 0.1) is 0 Å². The Bertz CT molecular complexity index is 509. The highest BCUT2D eigenvalue weighted by Crippen LogP contribution is 2.29. The van der Waals surface area contributed by atoms with Crippen LogP contribution in [0.2, 0.25) is 0 Å². The Balaban J connectivity index is 1.82. The molecule has 0 saturated carbocycles. The van der Waals surface area contributed by atoms with Crippen molar-refractivity contribution < 1.29 is 0 Å². The third kappa shape index (κ3) is 2.19. The van der Waals surface area contributed by atoms with Crippen molar-refractivity contribution in [1.82, 2.24) is 9.88 Å². The quantitative estimate of drug-likeness (QED) is 0.919. The molecule has 0 fully saturated rings. The second-order valence-electron chi connectivity index (χ2n) is 4.62. The molecule has 4 heteroatoms. The lowest BCUT2D eigenvalue weighted by Crippen LogP contribution is -2.37. The third-order valence-electron chi connectivity index (χ3n) is 3.59. The lowest BCUT2D eigenvalue weighted by Gasteiger charge is -2.34. The first-order valence-electron chi connectivity index (χ1n) is 6.28. The van der Waals surface area contributed by atoms with Gasteiger partial charge in [0, 0.05) is 42.9 Å². The number of rotatable bonds is 3. The van der Waals surface area contributed by atoms with Gasteiger partial charge in [0.15, 0.2) is 0 Å². The van der Waals surface area contributed by atoms with E-state index >= 15 is 0 Å². The summed E-state index contributed by atoms with van der Waals surface area (Å²) in [5.74, 6) is 0. The molecule has 3 rings (SSSR count). The highest BCUT2D eigenvalue weighted by atomic mass is 32.1. The van der Waals surface area contributed by atoms with E-state index in [4.69, 9.17) is 5.73 Å². The Morgan fingerprint density at radius 3 is 2.94 bits per heavy atom. The number of nitrogens with zero attached hydrogens (tertiary/aromatic N) is 2. The molecule has 2 aromatic rings. The van der Waals surface area contributed by atoms with Crippen molar-refractivity contribution in [2.45, 2.75) is 19.0 Å². The van der Waals surface area contributed by atoms with Gasteiger partial charge in [0.1, 0.15) is 0 Å². The molecular weight excluding hydrogens is 242 g/mol. The minimum absolute atomic E-state index is 0.307. The zero-order chi connectivity index (χ0) is 12.4. The molecule has 0 spiro atoms. The molecule has 94 valence electrons. The summed E-state index contributed by atoms with van der Waals surface area (Å²) >= 11 is 1.87. The average molecular weight is 259 g/mol. The van der Waals surface area contributed by atoms with E-state index in [1.165, 1.54) is 16.0 Å². The maximum Gasteiger partial charge on any atom is 0.0475 e. The molecule has 1 aliphatic heterocycles. The average Bonchev–Trinajstić information content (AvgIpc) is 2.88. The molecular formula is C14H17N3S. The SMILES string of the molecule is NCC(c1ccncc1)N1CCc2sccc2C1. The number of nitrogens with two attached hydrogens (primary N) is 1. The highest BCUT2D eigenvalue weighted by Gasteiger charge is 2.24. The van der Waals surface area contributed by atoms with Gasteiger partial charge in [-0.25, -0.2) is 0 Å². The van der Waals surface area contributed by atoms with Gasteiger partial charge >= 0.3 is 0 Å². The molecule has 2 N–H and O–H groups in total. The van der Waals surface area contributed by atoms with Crippen LogP contribution in [0.25, 0.3) is 0 Å². The highest BCUT2D eigenvalue weighted by molar-refractivity contribution is 7.10. The lowest BCUT2D eigenvalue weighted by molar-refractivity contribution is 0.185. The van der Waals surface area contributed by atoms with Crippen LogP contribution < -0.4 is 5.73 Å². The molecule has 3 nitrogen and oxygen atoms in total. The number of pyridine rings is 1. The second-order valence-corrected chi connectivity index (χ2v) is 5.62. The van der Waals surface area contributed by atoms with Crippen LogP contribution in [-0.2, 0) is 13.0 Å². The van der Waals surface area contributed by atoms with E-state index in [-0.39, 0.29) is 0 Å². The standard InChI is InChI=1S/C14H17N3S/c15-9-13(11-1-5-16-6-2-11)17-7-3-14-12(10-17)4-8-18-14/h1-2,4-6,8,13H,3,7,9-10,15H2. The first-order chi connectivity index (χ1) is 8.88. The zero-order valence-electron chi connectivity index (χ0n) is 10.2. The van der Waals surface area contributed by atoms with E-state index in [1.807, 2.05) is 23.7 Å². The molecule has 3 heterocycles. The normalized spacial score (nSPS) is 17.4. The first-order valence-corrected chi connectivity index (χ1v) is 7.15. The van der Waals surface area contributed by atoms with E-state index in [0.717, 1.165) is 19.5 Å². The van der Waals surface area contributed by atoms with Crippen LogP contribution in [0.4, 0.5) is 0 Å². The molecule has 1 atom stereocenters. The zero-order valence-corrected chi connectivity index (χ0v) is 11.1. The lowest BCUT2D eigenvalue weighted by atomic mass is 10.0. The minimum Gasteiger partial charge on any atom is -0.329 e. The molecule has 1 unspecified atom stereocenters. The van der Waals surface area contributed by atoms with Gasteiger partial charge < -0.3 is 5.73 Å². The summed E-state index contributed by atoms with van der Waals surface area (Å²) in [6.07, 6.45) is 4.84. The summed E-state index contributed by atoms with van der Waals surface area (Å²) in [7, 11) is 0. The van der Waals surface area contributed by atoms with Gasteiger partial charge in [-0.3, -0.25) is 9.88 Å².